The van der Waals surface area contributed by atoms with E-state index in [-0.39, 0.29) is 22.8 Å². The van der Waals surface area contributed by atoms with Crippen molar-refractivity contribution in [3.63, 3.8) is 0 Å². The molecule has 186 valence electrons. The Morgan fingerprint density at radius 2 is 1.81 bits per heavy atom. The minimum atomic E-state index is -0.0742. The topological polar surface area (TPSA) is 88.7 Å². The normalized spacial score (nSPS) is 25.8. The summed E-state index contributed by atoms with van der Waals surface area (Å²) < 4.78 is 10.9. The summed E-state index contributed by atoms with van der Waals surface area (Å²) in [6.07, 6.45) is 10.5. The molecule has 2 saturated carbocycles. The molecule has 0 saturated heterocycles. The van der Waals surface area contributed by atoms with Gasteiger partial charge in [-0.1, -0.05) is 40.0 Å². The highest BCUT2D eigenvalue weighted by Gasteiger charge is 2.41. The number of carbonyl (C=O) groups excluding carboxylic acids is 2. The maximum absolute atomic E-state index is 12.0. The summed E-state index contributed by atoms with van der Waals surface area (Å²) in [7, 11) is 0. The van der Waals surface area contributed by atoms with Gasteiger partial charge < -0.3 is 20.1 Å². The molecule has 0 bridgehead atoms. The molecule has 7 nitrogen and oxygen atoms in total. The van der Waals surface area contributed by atoms with E-state index in [4.69, 9.17) is 9.47 Å². The van der Waals surface area contributed by atoms with E-state index in [0.717, 1.165) is 45.1 Å². The predicted octanol–water partition coefficient (Wildman–Crippen LogP) is 4.36. The van der Waals surface area contributed by atoms with Crippen molar-refractivity contribution < 1.29 is 19.1 Å². The van der Waals surface area contributed by atoms with Crippen LogP contribution < -0.4 is 16.0 Å². The van der Waals surface area contributed by atoms with Crippen LogP contribution in [0, 0.1) is 16.7 Å². The number of hydrogen-bond acceptors (Lipinski definition) is 5. The number of ether oxygens (including phenoxy) is 2. The Morgan fingerprint density at radius 3 is 2.53 bits per heavy atom. The van der Waals surface area contributed by atoms with Gasteiger partial charge in [-0.15, -0.1) is 0 Å². The quantitative estimate of drug-likeness (QED) is 0.232. The van der Waals surface area contributed by atoms with Gasteiger partial charge in [0, 0.05) is 25.6 Å². The molecular formula is C25H47N3O4. The van der Waals surface area contributed by atoms with E-state index in [1.165, 1.54) is 19.3 Å². The number of nitrogens with one attached hydrogen (secondary N) is 3. The van der Waals surface area contributed by atoms with Crippen molar-refractivity contribution in [3.8, 4) is 0 Å². The van der Waals surface area contributed by atoms with Gasteiger partial charge in [-0.2, -0.15) is 0 Å². The Morgan fingerprint density at radius 1 is 1.06 bits per heavy atom. The molecule has 2 fully saturated rings. The predicted molar refractivity (Wildman–Crippen MR) is 127 cm³/mol. The van der Waals surface area contributed by atoms with E-state index in [2.05, 4.69) is 36.7 Å². The lowest BCUT2D eigenvalue weighted by molar-refractivity contribution is -0.145. The highest BCUT2D eigenvalue weighted by atomic mass is 16.5. The molecule has 2 aliphatic carbocycles. The molecule has 2 aliphatic rings. The van der Waals surface area contributed by atoms with Crippen LogP contribution in [0.1, 0.15) is 91.9 Å². The Hall–Kier alpha value is -1.34. The number of amides is 2. The fourth-order valence-electron chi connectivity index (χ4n) is 5.94. The van der Waals surface area contributed by atoms with Gasteiger partial charge in [-0.25, -0.2) is 4.79 Å². The van der Waals surface area contributed by atoms with Crippen molar-refractivity contribution in [1.29, 1.82) is 0 Å². The fraction of sp³-hybridized carbons (Fsp3) is 0.920. The third-order valence-electron chi connectivity index (χ3n) is 6.74. The molecular weight excluding hydrogens is 406 g/mol. The summed E-state index contributed by atoms with van der Waals surface area (Å²) in [4.78, 5) is 23.9. The number of esters is 1. The minimum absolute atomic E-state index is 0.0553. The van der Waals surface area contributed by atoms with Gasteiger partial charge in [-0.3, -0.25) is 10.1 Å². The van der Waals surface area contributed by atoms with E-state index >= 15 is 0 Å². The fourth-order valence-corrected chi connectivity index (χ4v) is 5.94. The molecule has 2 amide bonds. The SMILES string of the molecule is CCOC(=O)CC1CC(C)(C)CC(C)(CNCOCCCNC(=O)NC2CCCCC2)C1. The Kier molecular flexibility index (Phi) is 11.3. The maximum atomic E-state index is 12.0. The van der Waals surface area contributed by atoms with Crippen LogP contribution in [0.2, 0.25) is 0 Å². The number of urea groups is 1. The van der Waals surface area contributed by atoms with Crippen LogP contribution in [-0.4, -0.2) is 51.1 Å². The first-order valence-corrected chi connectivity index (χ1v) is 12.7. The molecule has 2 unspecified atom stereocenters. The van der Waals surface area contributed by atoms with E-state index in [1.54, 1.807) is 0 Å². The van der Waals surface area contributed by atoms with E-state index < -0.39 is 0 Å². The molecule has 3 N–H and O–H groups in total. The molecule has 0 aromatic heterocycles. The Bertz CT molecular complexity index is 578. The lowest BCUT2D eigenvalue weighted by Gasteiger charge is -2.46. The maximum Gasteiger partial charge on any atom is 0.315 e. The largest absolute Gasteiger partial charge is 0.466 e. The third-order valence-corrected chi connectivity index (χ3v) is 6.74. The molecule has 32 heavy (non-hydrogen) atoms. The van der Waals surface area contributed by atoms with Crippen molar-refractivity contribution >= 4 is 12.0 Å². The van der Waals surface area contributed by atoms with Gasteiger partial charge in [0.25, 0.3) is 0 Å². The standard InChI is InChI=1S/C25H47N3O4/c1-5-32-22(29)14-20-15-24(2,3)17-25(4,16-20)18-26-19-31-13-9-12-27-23(30)28-21-10-7-6-8-11-21/h20-21,26H,5-19H2,1-4H3,(H2,27,28,30). The molecule has 0 aliphatic heterocycles. The first-order chi connectivity index (χ1) is 15.2. The van der Waals surface area contributed by atoms with E-state index in [1.807, 2.05) is 6.92 Å². The average Bonchev–Trinajstić information content (AvgIpc) is 2.69. The van der Waals surface area contributed by atoms with Crippen LogP contribution in [0.5, 0.6) is 0 Å². The molecule has 2 rings (SSSR count). The molecule has 2 atom stereocenters. The number of carbonyl (C=O) groups is 2. The molecule has 0 aromatic carbocycles. The van der Waals surface area contributed by atoms with Crippen LogP contribution in [0.4, 0.5) is 4.79 Å². The summed E-state index contributed by atoms with van der Waals surface area (Å²) in [5.41, 5.74) is 0.359. The zero-order valence-corrected chi connectivity index (χ0v) is 20.9. The van der Waals surface area contributed by atoms with Crippen molar-refractivity contribution in [2.45, 2.75) is 97.9 Å². The molecule has 7 heteroatoms. The summed E-state index contributed by atoms with van der Waals surface area (Å²) in [6, 6.07) is 0.285. The van der Waals surface area contributed by atoms with Gasteiger partial charge in [0.05, 0.1) is 19.9 Å². The van der Waals surface area contributed by atoms with Crippen LogP contribution in [0.15, 0.2) is 0 Å². The van der Waals surface area contributed by atoms with E-state index in [0.29, 0.717) is 44.9 Å². The highest BCUT2D eigenvalue weighted by Crippen LogP contribution is 2.49. The first-order valence-electron chi connectivity index (χ1n) is 12.7. The number of hydrogen-bond donors (Lipinski definition) is 3. The second kappa shape index (κ2) is 13.4. The van der Waals surface area contributed by atoms with Crippen molar-refractivity contribution in [2.24, 2.45) is 16.7 Å². The average molecular weight is 454 g/mol. The Labute approximate surface area is 195 Å². The zero-order valence-electron chi connectivity index (χ0n) is 20.9. The van der Waals surface area contributed by atoms with E-state index in [9.17, 15) is 9.59 Å². The van der Waals surface area contributed by atoms with Crippen molar-refractivity contribution in [3.05, 3.63) is 0 Å². The number of rotatable bonds is 12. The van der Waals surface area contributed by atoms with Crippen LogP contribution >= 0.6 is 0 Å². The van der Waals surface area contributed by atoms with Crippen molar-refractivity contribution in [2.75, 3.05) is 33.0 Å². The molecule has 0 spiro atoms. The summed E-state index contributed by atoms with van der Waals surface area (Å²) in [5, 5.41) is 9.44. The van der Waals surface area contributed by atoms with Crippen LogP contribution in [-0.2, 0) is 14.3 Å². The van der Waals surface area contributed by atoms with Crippen LogP contribution in [0.3, 0.4) is 0 Å². The monoisotopic (exact) mass is 453 g/mol. The van der Waals surface area contributed by atoms with Gasteiger partial charge in [0.1, 0.15) is 0 Å². The molecule has 0 aromatic rings. The van der Waals surface area contributed by atoms with Crippen LogP contribution in [0.25, 0.3) is 0 Å². The molecule has 0 radical (unpaired) electrons. The van der Waals surface area contributed by atoms with Gasteiger partial charge in [0.2, 0.25) is 0 Å². The second-order valence-electron chi connectivity index (χ2n) is 11.0. The van der Waals surface area contributed by atoms with Gasteiger partial charge in [-0.05, 0) is 62.2 Å². The summed E-state index contributed by atoms with van der Waals surface area (Å²) in [6.45, 7) is 11.8. The minimum Gasteiger partial charge on any atom is -0.466 e. The lowest BCUT2D eigenvalue weighted by atomic mass is 9.60. The first kappa shape index (κ1) is 26.9. The van der Waals surface area contributed by atoms with Crippen molar-refractivity contribution in [1.82, 2.24) is 16.0 Å². The second-order valence-corrected chi connectivity index (χ2v) is 11.0. The summed E-state index contributed by atoms with van der Waals surface area (Å²) >= 11 is 0. The zero-order chi connectivity index (χ0) is 23.5. The third kappa shape index (κ3) is 10.5. The Balaban J connectivity index is 1.56. The molecule has 0 heterocycles. The lowest BCUT2D eigenvalue weighted by Crippen LogP contribution is -2.43. The highest BCUT2D eigenvalue weighted by molar-refractivity contribution is 5.74. The summed E-state index contributed by atoms with van der Waals surface area (Å²) in [5.74, 6) is 0.297. The van der Waals surface area contributed by atoms with Gasteiger partial charge in [0.15, 0.2) is 0 Å². The smallest absolute Gasteiger partial charge is 0.315 e. The van der Waals surface area contributed by atoms with Gasteiger partial charge >= 0.3 is 12.0 Å².